The molecule has 6 aliphatic heterocycles. The number of ether oxygens (including phenoxy) is 1. The number of hydrogen-bond donors (Lipinski definition) is 2. The first kappa shape index (κ1) is 39.8. The van der Waals surface area contributed by atoms with Gasteiger partial charge in [-0.1, -0.05) is 41.4 Å². The molecule has 2 aromatic carbocycles. The maximum Gasteiger partial charge on any atom is 0.343 e. The van der Waals surface area contributed by atoms with Crippen molar-refractivity contribution in [2.75, 3.05) is 66.0 Å². The van der Waals surface area contributed by atoms with E-state index in [4.69, 9.17) is 27.9 Å². The summed E-state index contributed by atoms with van der Waals surface area (Å²) < 4.78 is 5.62. The number of imide groups is 1. The molecule has 9 rings (SSSR count). The van der Waals surface area contributed by atoms with Crippen molar-refractivity contribution in [1.82, 2.24) is 35.0 Å². The van der Waals surface area contributed by atoms with Gasteiger partial charge in [0.15, 0.2) is 0 Å². The highest BCUT2D eigenvalue weighted by Gasteiger charge is 2.49. The van der Waals surface area contributed by atoms with Gasteiger partial charge >= 0.3 is 12.0 Å². The monoisotopic (exact) mass is 830 g/mol. The van der Waals surface area contributed by atoms with Crippen LogP contribution < -0.4 is 10.1 Å². The lowest BCUT2D eigenvalue weighted by Crippen LogP contribution is -2.74. The molecular weight excluding hydrogens is 787 g/mol. The third-order valence-corrected chi connectivity index (χ3v) is 13.2. The number of amides is 4. The van der Waals surface area contributed by atoms with Gasteiger partial charge in [-0.2, -0.15) is 5.11 Å². The lowest BCUT2D eigenvalue weighted by molar-refractivity contribution is -0.190. The Morgan fingerprint density at radius 2 is 1.72 bits per heavy atom. The van der Waals surface area contributed by atoms with E-state index in [1.54, 1.807) is 59.9 Å². The Bertz CT molecular complexity index is 2130. The number of hydrogen-bond acceptors (Lipinski definition) is 12. The molecule has 0 spiro atoms. The van der Waals surface area contributed by atoms with Crippen molar-refractivity contribution in [3.63, 3.8) is 0 Å². The van der Waals surface area contributed by atoms with Gasteiger partial charge in [-0.3, -0.25) is 24.8 Å². The number of carbonyl (C=O) groups excluding carboxylic acids is 3. The van der Waals surface area contributed by atoms with E-state index in [0.717, 1.165) is 11.1 Å². The van der Waals surface area contributed by atoms with Crippen LogP contribution in [0.1, 0.15) is 58.8 Å². The lowest BCUT2D eigenvalue weighted by atomic mass is 9.72. The molecule has 18 heteroatoms. The van der Waals surface area contributed by atoms with E-state index in [1.807, 2.05) is 29.2 Å². The second-order valence-electron chi connectivity index (χ2n) is 15.5. The Balaban J connectivity index is 0.994. The summed E-state index contributed by atoms with van der Waals surface area (Å²) in [5, 5.41) is 28.1. The lowest BCUT2D eigenvalue weighted by Gasteiger charge is -2.52. The Hall–Kier alpha value is -5.00. The summed E-state index contributed by atoms with van der Waals surface area (Å²) in [5.74, 6) is -1.32. The number of hydrazine groups is 1. The van der Waals surface area contributed by atoms with Crippen LogP contribution in [0.3, 0.4) is 0 Å². The van der Waals surface area contributed by atoms with Crippen LogP contribution in [-0.4, -0.2) is 137 Å². The summed E-state index contributed by atoms with van der Waals surface area (Å²) in [6.45, 7) is 4.73. The predicted octanol–water partition coefficient (Wildman–Crippen LogP) is 4.59. The molecule has 304 valence electrons. The van der Waals surface area contributed by atoms with Crippen molar-refractivity contribution in [3.8, 4) is 5.75 Å². The third-order valence-electron chi connectivity index (χ3n) is 12.5. The highest BCUT2D eigenvalue weighted by atomic mass is 35.5. The predicted molar refractivity (Wildman–Crippen MR) is 214 cm³/mol. The number of benzene rings is 2. The van der Waals surface area contributed by atoms with Crippen molar-refractivity contribution in [2.24, 2.45) is 15.4 Å². The summed E-state index contributed by atoms with van der Waals surface area (Å²) in [6.07, 6.45) is 5.93. The zero-order valence-electron chi connectivity index (χ0n) is 32.0. The molecule has 5 saturated heterocycles. The van der Waals surface area contributed by atoms with Gasteiger partial charge in [0.1, 0.15) is 11.8 Å². The maximum atomic E-state index is 14.3. The molecule has 0 saturated carbocycles. The minimum absolute atomic E-state index is 0.159. The van der Waals surface area contributed by atoms with E-state index in [9.17, 15) is 24.3 Å². The van der Waals surface area contributed by atoms with Crippen LogP contribution >= 0.6 is 23.2 Å². The quantitative estimate of drug-likeness (QED) is 0.294. The average Bonchev–Trinajstić information content (AvgIpc) is 3.96. The van der Waals surface area contributed by atoms with Crippen molar-refractivity contribution in [1.29, 1.82) is 0 Å². The first-order valence-corrected chi connectivity index (χ1v) is 20.1. The summed E-state index contributed by atoms with van der Waals surface area (Å²) >= 11 is 13.0. The Kier molecular flexibility index (Phi) is 11.2. The molecule has 0 radical (unpaired) electrons. The van der Waals surface area contributed by atoms with Gasteiger partial charge in [0.05, 0.1) is 34.3 Å². The van der Waals surface area contributed by atoms with Crippen molar-refractivity contribution >= 4 is 53.2 Å². The van der Waals surface area contributed by atoms with Gasteiger partial charge < -0.3 is 19.6 Å². The zero-order valence-corrected chi connectivity index (χ0v) is 33.5. The number of carboxylic acids is 1. The zero-order chi connectivity index (χ0) is 40.6. The van der Waals surface area contributed by atoms with Crippen LogP contribution in [0.5, 0.6) is 5.75 Å². The number of fused-ring (bicyclic) bond motifs is 3. The second kappa shape index (κ2) is 16.3. The van der Waals surface area contributed by atoms with Gasteiger partial charge in [0.25, 0.3) is 5.91 Å². The normalized spacial score (nSPS) is 26.2. The minimum Gasteiger partial charge on any atom is -0.496 e. The van der Waals surface area contributed by atoms with Crippen LogP contribution in [0.15, 0.2) is 76.4 Å². The summed E-state index contributed by atoms with van der Waals surface area (Å²) in [4.78, 5) is 64.7. The fourth-order valence-electron chi connectivity index (χ4n) is 9.14. The van der Waals surface area contributed by atoms with Gasteiger partial charge in [-0.05, 0) is 97.6 Å². The molecule has 4 amide bonds. The van der Waals surface area contributed by atoms with Gasteiger partial charge in [0.2, 0.25) is 12.1 Å². The number of nitrogens with zero attached hydrogens (tertiary/aromatic N) is 9. The highest BCUT2D eigenvalue weighted by Crippen LogP contribution is 2.43. The second-order valence-corrected chi connectivity index (χ2v) is 16.3. The van der Waals surface area contributed by atoms with E-state index in [-0.39, 0.29) is 11.9 Å². The Morgan fingerprint density at radius 3 is 2.40 bits per heavy atom. The molecular formula is C40H44Cl2N10O6. The fraction of sp³-hybridized carbons (Fsp3) is 0.450. The molecule has 16 nitrogen and oxygen atoms in total. The molecule has 6 aliphatic rings. The molecule has 2 N–H and O–H groups in total. The van der Waals surface area contributed by atoms with E-state index < -0.39 is 34.9 Å². The van der Waals surface area contributed by atoms with E-state index in [2.05, 4.69) is 30.6 Å². The van der Waals surface area contributed by atoms with Crippen LogP contribution in [0.2, 0.25) is 10.0 Å². The number of urea groups is 1. The number of carbonyl (C=O) groups is 4. The summed E-state index contributed by atoms with van der Waals surface area (Å²) in [7, 11) is 1.54. The van der Waals surface area contributed by atoms with E-state index in [1.165, 1.54) is 5.01 Å². The molecule has 3 atom stereocenters. The van der Waals surface area contributed by atoms with E-state index in [0.29, 0.717) is 112 Å². The number of rotatable bonds is 10. The van der Waals surface area contributed by atoms with Crippen LogP contribution in [-0.2, 0) is 20.4 Å². The molecule has 1 aromatic heterocycles. The number of likely N-dealkylation sites (tertiary alicyclic amines) is 2. The number of piperidine rings is 1. The molecule has 3 unspecified atom stereocenters. The number of nitrogens with one attached hydrogen (secondary N) is 1. The smallest absolute Gasteiger partial charge is 0.343 e. The molecule has 5 fully saturated rings. The highest BCUT2D eigenvalue weighted by molar-refractivity contribution is 6.42. The first-order valence-electron chi connectivity index (χ1n) is 19.4. The molecule has 0 aliphatic carbocycles. The third kappa shape index (κ3) is 7.43. The summed E-state index contributed by atoms with van der Waals surface area (Å²) in [6, 6.07) is 13.6. The van der Waals surface area contributed by atoms with Crippen molar-refractivity contribution in [3.05, 3.63) is 93.2 Å². The number of pyridine rings is 1. The van der Waals surface area contributed by atoms with E-state index >= 15 is 0 Å². The van der Waals surface area contributed by atoms with Crippen molar-refractivity contribution in [2.45, 2.75) is 48.7 Å². The topological polar surface area (TPSA) is 176 Å². The number of aromatic nitrogens is 1. The average molecular weight is 832 g/mol. The van der Waals surface area contributed by atoms with Crippen molar-refractivity contribution < 1.29 is 29.0 Å². The van der Waals surface area contributed by atoms with Gasteiger partial charge in [0, 0.05) is 57.1 Å². The number of piperazine rings is 1. The van der Waals surface area contributed by atoms with Crippen LogP contribution in [0.4, 0.5) is 4.79 Å². The summed E-state index contributed by atoms with van der Waals surface area (Å²) in [5.41, 5.74) is 1.37. The Morgan fingerprint density at radius 1 is 0.931 bits per heavy atom. The molecule has 58 heavy (non-hydrogen) atoms. The number of halogens is 2. The molecule has 2 bridgehead atoms. The molecule has 7 heterocycles. The molecule has 3 aromatic rings. The maximum absolute atomic E-state index is 14.3. The Labute approximate surface area is 345 Å². The standard InChI is InChI=1S/C40H44Cl2N10O6/c1-58-33-7-4-26(32-24-44-47-46-32)21-29(33)35(53)50-16-9-39(25-50,27-5-6-30(41)31(42)22-27)8-13-48-14-10-40(11-15-48,28-3-2-12-43-23-28)37(56)45-38(57)52-34(36(54)55)49-17-19-51(52)20-18-49/h2-7,12,21-24,32,34H,8-11,13-20,25H2,1H3,(H,54,55)(H,45,56,57). The van der Waals surface area contributed by atoms with Gasteiger partial charge in [-0.15, -0.1) is 5.10 Å². The number of carboxylic acid groups (broad SMARTS) is 1. The van der Waals surface area contributed by atoms with Crippen LogP contribution in [0, 0.1) is 0 Å². The van der Waals surface area contributed by atoms with Crippen LogP contribution in [0.25, 0.3) is 0 Å². The minimum atomic E-state index is -1.18. The fourth-order valence-corrected chi connectivity index (χ4v) is 9.44. The first-order chi connectivity index (χ1) is 28.0. The SMILES string of the molecule is COc1ccc(C2C=NN=N2)cc1C(=O)N1CCC(CCN2CCC(C(=O)NC(=O)N3C(C(=O)O)N4CCN3CC4)(c3cccnc3)CC2)(c2ccc(Cl)c(Cl)c2)C1. The van der Waals surface area contributed by atoms with Gasteiger partial charge in [-0.25, -0.2) is 19.6 Å². The largest absolute Gasteiger partial charge is 0.496 e. The number of methoxy groups -OCH3 is 1. The number of aliphatic carboxylic acids is 1.